The highest BCUT2D eigenvalue weighted by Crippen LogP contribution is 2.74. The first-order valence-electron chi connectivity index (χ1n) is 9.17. The molecule has 2 bridgehead atoms. The van der Waals surface area contributed by atoms with Gasteiger partial charge in [0, 0.05) is 36.5 Å². The molecule has 1 spiro atoms. The lowest BCUT2D eigenvalue weighted by Gasteiger charge is -2.67. The lowest BCUT2D eigenvalue weighted by Crippen LogP contribution is -2.74. The number of carbonyl (C=O) groups is 2. The van der Waals surface area contributed by atoms with Gasteiger partial charge in [0.15, 0.2) is 11.6 Å². The summed E-state index contributed by atoms with van der Waals surface area (Å²) in [7, 11) is 0. The lowest BCUT2D eigenvalue weighted by atomic mass is 9.40. The van der Waals surface area contributed by atoms with Crippen molar-refractivity contribution in [2.24, 2.45) is 22.7 Å². The summed E-state index contributed by atoms with van der Waals surface area (Å²) < 4.78 is 17.1. The monoisotopic (exact) mass is 360 g/mol. The van der Waals surface area contributed by atoms with E-state index in [-0.39, 0.29) is 43.3 Å². The first-order valence-corrected chi connectivity index (χ1v) is 9.17. The van der Waals surface area contributed by atoms with E-state index in [0.717, 1.165) is 0 Å². The van der Waals surface area contributed by atoms with Gasteiger partial charge in [-0.3, -0.25) is 9.59 Å². The second-order valence-corrected chi connectivity index (χ2v) is 8.90. The molecule has 2 saturated carbocycles. The summed E-state index contributed by atoms with van der Waals surface area (Å²) in [6.45, 7) is 1.91. The molecule has 3 aliphatic carbocycles. The molecule has 138 valence electrons. The SMILES string of the molecule is C[C@]12C(=O)O[C@@H]3C[C@@]4(O)c5occc5C(=O)C[C@H]4[C@]4(CCC1(O)OC4)[C@@H]32. The molecular formula is C19H20O7. The predicted molar refractivity (Wildman–Crippen MR) is 83.7 cm³/mol. The molecule has 5 fully saturated rings. The fourth-order valence-electron chi connectivity index (χ4n) is 6.99. The Labute approximate surface area is 149 Å². The number of Topliss-reactive ketones (excluding diaryl/α,β-unsaturated/α-hetero) is 1. The van der Waals surface area contributed by atoms with Crippen molar-refractivity contribution >= 4 is 11.8 Å². The average molecular weight is 360 g/mol. The number of carbonyl (C=O) groups excluding carboxylic acids is 2. The maximum absolute atomic E-state index is 12.8. The van der Waals surface area contributed by atoms with Gasteiger partial charge < -0.3 is 24.1 Å². The van der Waals surface area contributed by atoms with Crippen LogP contribution in [0.5, 0.6) is 0 Å². The van der Waals surface area contributed by atoms with Crippen molar-refractivity contribution in [2.75, 3.05) is 6.61 Å². The van der Waals surface area contributed by atoms with E-state index >= 15 is 0 Å². The van der Waals surface area contributed by atoms with E-state index in [9.17, 15) is 19.8 Å². The van der Waals surface area contributed by atoms with Gasteiger partial charge >= 0.3 is 5.97 Å². The standard InChI is InChI=1S/C19H20O7/c1-16-13-11(26-15(16)21)7-18(22)12(6-10(20)9-2-5-24-14(9)18)17(13)3-4-19(16,23)25-8-17/h2,5,11-13,22-23H,3-4,6-8H2,1H3/t11-,12+,13+,16+,17-,18+,19?/m1/s1. The molecule has 0 radical (unpaired) electrons. The maximum atomic E-state index is 12.8. The highest BCUT2D eigenvalue weighted by atomic mass is 16.6. The summed E-state index contributed by atoms with van der Waals surface area (Å²) in [6.07, 6.45) is 2.11. The molecule has 3 aliphatic heterocycles. The van der Waals surface area contributed by atoms with E-state index in [1.54, 1.807) is 13.0 Å². The molecule has 6 aliphatic rings. The summed E-state index contributed by atoms with van der Waals surface area (Å²) in [4.78, 5) is 25.5. The molecule has 7 atom stereocenters. The van der Waals surface area contributed by atoms with Gasteiger partial charge in [-0.15, -0.1) is 0 Å². The van der Waals surface area contributed by atoms with Gasteiger partial charge in [0.05, 0.1) is 18.4 Å². The van der Waals surface area contributed by atoms with Crippen LogP contribution in [-0.4, -0.2) is 40.5 Å². The number of ketones is 1. The second-order valence-electron chi connectivity index (χ2n) is 8.90. The number of fused-ring (bicyclic) bond motifs is 5. The number of furan rings is 1. The van der Waals surface area contributed by atoms with Gasteiger partial charge in [-0.2, -0.15) is 0 Å². The molecule has 2 N–H and O–H groups in total. The summed E-state index contributed by atoms with van der Waals surface area (Å²) in [6, 6.07) is 1.59. The van der Waals surface area contributed by atoms with Crippen molar-refractivity contribution in [1.29, 1.82) is 0 Å². The number of esters is 1. The smallest absolute Gasteiger partial charge is 0.318 e. The fourth-order valence-corrected chi connectivity index (χ4v) is 6.99. The van der Waals surface area contributed by atoms with Gasteiger partial charge in [0.25, 0.3) is 0 Å². The minimum Gasteiger partial charge on any atom is -0.465 e. The third kappa shape index (κ3) is 1.30. The van der Waals surface area contributed by atoms with Crippen LogP contribution in [0.2, 0.25) is 0 Å². The van der Waals surface area contributed by atoms with Gasteiger partial charge in [0.1, 0.15) is 22.9 Å². The zero-order chi connectivity index (χ0) is 18.1. The maximum Gasteiger partial charge on any atom is 0.318 e. The fraction of sp³-hybridized carbons (Fsp3) is 0.684. The number of hydrogen-bond donors (Lipinski definition) is 2. The molecule has 26 heavy (non-hydrogen) atoms. The number of rotatable bonds is 0. The van der Waals surface area contributed by atoms with E-state index in [1.807, 2.05) is 0 Å². The van der Waals surface area contributed by atoms with Crippen molar-refractivity contribution in [3.8, 4) is 0 Å². The Morgan fingerprint density at radius 1 is 1.23 bits per heavy atom. The topological polar surface area (TPSA) is 106 Å². The Morgan fingerprint density at radius 2 is 2.04 bits per heavy atom. The van der Waals surface area contributed by atoms with Gasteiger partial charge in [-0.1, -0.05) is 0 Å². The Balaban J connectivity index is 1.60. The van der Waals surface area contributed by atoms with Gasteiger partial charge in [-0.25, -0.2) is 0 Å². The Morgan fingerprint density at radius 3 is 2.77 bits per heavy atom. The molecule has 0 aromatic carbocycles. The van der Waals surface area contributed by atoms with E-state index in [4.69, 9.17) is 13.9 Å². The zero-order valence-corrected chi connectivity index (χ0v) is 14.4. The third-order valence-corrected chi connectivity index (χ3v) is 8.15. The van der Waals surface area contributed by atoms with Crippen LogP contribution in [0.25, 0.3) is 0 Å². The Hall–Kier alpha value is -1.70. The van der Waals surface area contributed by atoms with Crippen LogP contribution in [0, 0.1) is 22.7 Å². The summed E-state index contributed by atoms with van der Waals surface area (Å²) in [5, 5.41) is 22.7. The average Bonchev–Trinajstić information content (AvgIpc) is 3.19. The largest absolute Gasteiger partial charge is 0.465 e. The Bertz CT molecular complexity index is 863. The highest BCUT2D eigenvalue weighted by Gasteiger charge is 2.82. The van der Waals surface area contributed by atoms with Crippen LogP contribution in [0.4, 0.5) is 0 Å². The summed E-state index contributed by atoms with van der Waals surface area (Å²) in [5.41, 5.74) is -2.75. The van der Waals surface area contributed by atoms with Gasteiger partial charge in [-0.05, 0) is 19.4 Å². The molecule has 7 nitrogen and oxygen atoms in total. The lowest BCUT2D eigenvalue weighted by molar-refractivity contribution is -0.385. The first kappa shape index (κ1) is 15.4. The van der Waals surface area contributed by atoms with Crippen LogP contribution in [-0.2, 0) is 19.9 Å². The summed E-state index contributed by atoms with van der Waals surface area (Å²) >= 11 is 0. The van der Waals surface area contributed by atoms with Crippen molar-refractivity contribution in [2.45, 2.75) is 50.1 Å². The minimum absolute atomic E-state index is 0.0606. The number of hydrogen-bond acceptors (Lipinski definition) is 7. The van der Waals surface area contributed by atoms with Crippen LogP contribution in [0.3, 0.4) is 0 Å². The number of ether oxygens (including phenoxy) is 2. The van der Waals surface area contributed by atoms with Crippen LogP contribution in [0.1, 0.15) is 48.7 Å². The predicted octanol–water partition coefficient (Wildman–Crippen LogP) is 1.12. The Kier molecular flexibility index (Phi) is 2.41. The van der Waals surface area contributed by atoms with E-state index in [0.29, 0.717) is 12.0 Å². The van der Waals surface area contributed by atoms with E-state index in [2.05, 4.69) is 0 Å². The zero-order valence-electron chi connectivity index (χ0n) is 14.4. The molecular weight excluding hydrogens is 340 g/mol. The van der Waals surface area contributed by atoms with Crippen LogP contribution in [0.15, 0.2) is 16.7 Å². The molecule has 7 heteroatoms. The van der Waals surface area contributed by atoms with Crippen molar-refractivity contribution < 1.29 is 33.7 Å². The minimum atomic E-state index is -1.55. The molecule has 3 saturated heterocycles. The van der Waals surface area contributed by atoms with Crippen molar-refractivity contribution in [3.63, 3.8) is 0 Å². The van der Waals surface area contributed by atoms with Crippen LogP contribution < -0.4 is 0 Å². The second kappa shape index (κ2) is 4.08. The summed E-state index contributed by atoms with van der Waals surface area (Å²) in [5.74, 6) is -2.52. The van der Waals surface area contributed by atoms with E-state index in [1.165, 1.54) is 6.26 Å². The molecule has 4 heterocycles. The molecule has 1 aromatic heterocycles. The van der Waals surface area contributed by atoms with Gasteiger partial charge in [0.2, 0.25) is 0 Å². The van der Waals surface area contributed by atoms with E-state index < -0.39 is 40.2 Å². The molecule has 0 amide bonds. The highest BCUT2D eigenvalue weighted by molar-refractivity contribution is 5.99. The third-order valence-electron chi connectivity index (χ3n) is 8.15. The van der Waals surface area contributed by atoms with Crippen molar-refractivity contribution in [3.05, 3.63) is 23.7 Å². The van der Waals surface area contributed by atoms with Crippen LogP contribution >= 0.6 is 0 Å². The molecule has 7 rings (SSSR count). The normalized spacial score (nSPS) is 53.7. The quantitative estimate of drug-likeness (QED) is 0.668. The van der Waals surface area contributed by atoms with Crippen molar-refractivity contribution in [1.82, 2.24) is 0 Å². The molecule has 1 unspecified atom stereocenters. The molecule has 1 aromatic rings. The first-order chi connectivity index (χ1) is 12.3. The number of aliphatic hydroxyl groups is 2.